The van der Waals surface area contributed by atoms with Gasteiger partial charge in [0.1, 0.15) is 0 Å². The molecule has 0 aliphatic carbocycles. The molecule has 0 amide bonds. The molecule has 2 aromatic rings. The van der Waals surface area contributed by atoms with Crippen LogP contribution >= 0.6 is 0 Å². The summed E-state index contributed by atoms with van der Waals surface area (Å²) in [6, 6.07) is 20.9. The van der Waals surface area contributed by atoms with Crippen molar-refractivity contribution in [2.24, 2.45) is 0 Å². The molecule has 0 aromatic heterocycles. The molecule has 0 saturated carbocycles. The van der Waals surface area contributed by atoms with Crippen LogP contribution in [0.15, 0.2) is 73.3 Å². The average molecular weight is 527 g/mol. The zero-order valence-electron chi connectivity index (χ0n) is 24.0. The van der Waals surface area contributed by atoms with Gasteiger partial charge in [-0.2, -0.15) is 0 Å². The van der Waals surface area contributed by atoms with Gasteiger partial charge in [0.2, 0.25) is 0 Å². The Morgan fingerprint density at radius 2 is 1.44 bits per heavy atom. The molecule has 2 rings (SSSR count). The quantitative estimate of drug-likeness (QED) is 0.203. The molecule has 0 unspecified atom stereocenters. The van der Waals surface area contributed by atoms with Gasteiger partial charge in [-0.15, -0.1) is 6.58 Å². The summed E-state index contributed by atoms with van der Waals surface area (Å²) in [7, 11) is -3.77. The van der Waals surface area contributed by atoms with Gasteiger partial charge in [0.05, 0.1) is 26.4 Å². The molecule has 0 spiro atoms. The largest absolute Gasteiger partial charge is 0.417 e. The topological polar surface area (TPSA) is 38.7 Å². The molecule has 0 saturated heterocycles. The lowest BCUT2D eigenvalue weighted by molar-refractivity contribution is -0.0680. The summed E-state index contributed by atoms with van der Waals surface area (Å²) < 4.78 is 13.1. The average Bonchev–Trinajstić information content (AvgIpc) is 2.82. The molecule has 0 fully saturated rings. The molecule has 3 atom stereocenters. The molecule has 36 heavy (non-hydrogen) atoms. The van der Waals surface area contributed by atoms with Gasteiger partial charge in [-0.3, -0.25) is 0 Å². The standard InChI is InChI=1S/C31H50O3Si2/c1-10-29(35(6,7)27-19-15-12-16-20-27)28(32)21-22-31(5,33-25-26-17-13-11-14-18-26)23-24-34-36(8,9)30(2,3)4/h10-20,28-29,32H,1,21-25H2,2-9H3/t28-,29+,31+/m1/s1. The maximum atomic E-state index is 11.4. The molecule has 0 bridgehead atoms. The second-order valence-electron chi connectivity index (χ2n) is 12.5. The summed E-state index contributed by atoms with van der Waals surface area (Å²) in [5.74, 6) is 0. The van der Waals surface area contributed by atoms with Crippen molar-refractivity contribution in [3.05, 3.63) is 78.9 Å². The van der Waals surface area contributed by atoms with Crippen molar-refractivity contribution in [1.29, 1.82) is 0 Å². The summed E-state index contributed by atoms with van der Waals surface area (Å²) >= 11 is 0. The highest BCUT2D eigenvalue weighted by Crippen LogP contribution is 2.38. The van der Waals surface area contributed by atoms with Gasteiger partial charge >= 0.3 is 0 Å². The fraction of sp³-hybridized carbons (Fsp3) is 0.548. The first-order chi connectivity index (χ1) is 16.7. The van der Waals surface area contributed by atoms with E-state index in [1.54, 1.807) is 0 Å². The van der Waals surface area contributed by atoms with Gasteiger partial charge in [0.15, 0.2) is 8.32 Å². The van der Waals surface area contributed by atoms with Gasteiger partial charge in [-0.1, -0.05) is 106 Å². The SMILES string of the molecule is C=C[C@@H]([C@H](O)CC[C@@](C)(CCO[Si](C)(C)C(C)(C)C)OCc1ccccc1)[Si](C)(C)c1ccccc1. The van der Waals surface area contributed by atoms with Crippen molar-refractivity contribution in [2.75, 3.05) is 6.61 Å². The highest BCUT2D eigenvalue weighted by atomic mass is 28.4. The van der Waals surface area contributed by atoms with E-state index in [0.29, 0.717) is 19.6 Å². The van der Waals surface area contributed by atoms with E-state index in [2.05, 4.69) is 103 Å². The Labute approximate surface area is 223 Å². The lowest BCUT2D eigenvalue weighted by atomic mass is 9.93. The monoisotopic (exact) mass is 526 g/mol. The summed E-state index contributed by atoms with van der Waals surface area (Å²) in [5.41, 5.74) is 0.849. The van der Waals surface area contributed by atoms with Crippen LogP contribution < -0.4 is 5.19 Å². The zero-order chi connectivity index (χ0) is 27.0. The maximum Gasteiger partial charge on any atom is 0.191 e. The Hall–Kier alpha value is -1.51. The Bertz CT molecular complexity index is 922. The van der Waals surface area contributed by atoms with Gasteiger partial charge < -0.3 is 14.3 Å². The highest BCUT2D eigenvalue weighted by Gasteiger charge is 2.39. The van der Waals surface area contributed by atoms with Gasteiger partial charge in [-0.25, -0.2) is 0 Å². The van der Waals surface area contributed by atoms with E-state index in [1.165, 1.54) is 5.19 Å². The van der Waals surface area contributed by atoms with Crippen molar-refractivity contribution in [1.82, 2.24) is 0 Å². The lowest BCUT2D eigenvalue weighted by Gasteiger charge is -2.39. The molecule has 3 nitrogen and oxygen atoms in total. The number of aliphatic hydroxyl groups is 1. The van der Waals surface area contributed by atoms with Gasteiger partial charge in [0, 0.05) is 12.1 Å². The van der Waals surface area contributed by atoms with Crippen LogP contribution in [0.2, 0.25) is 36.8 Å². The molecule has 2 aromatic carbocycles. The second-order valence-corrected chi connectivity index (χ2v) is 22.0. The molecular formula is C31H50O3Si2. The predicted octanol–water partition coefficient (Wildman–Crippen LogP) is 7.69. The normalized spacial score (nSPS) is 16.2. The molecule has 0 heterocycles. The summed E-state index contributed by atoms with van der Waals surface area (Å²) in [5, 5.41) is 12.9. The summed E-state index contributed by atoms with van der Waals surface area (Å²) in [4.78, 5) is 0. The Balaban J connectivity index is 2.12. The second kappa shape index (κ2) is 12.8. The fourth-order valence-corrected chi connectivity index (χ4v) is 8.67. The van der Waals surface area contributed by atoms with Crippen LogP contribution in [0.25, 0.3) is 0 Å². The number of benzene rings is 2. The first-order valence-corrected chi connectivity index (χ1v) is 19.4. The maximum absolute atomic E-state index is 11.4. The van der Waals surface area contributed by atoms with Crippen molar-refractivity contribution >= 4 is 21.6 Å². The van der Waals surface area contributed by atoms with Crippen LogP contribution in [-0.4, -0.2) is 39.8 Å². The third-order valence-corrected chi connectivity index (χ3v) is 17.0. The number of rotatable bonds is 14. The van der Waals surface area contributed by atoms with Crippen molar-refractivity contribution in [3.63, 3.8) is 0 Å². The Kier molecular flexibility index (Phi) is 10.9. The van der Waals surface area contributed by atoms with E-state index in [1.807, 2.05) is 24.3 Å². The van der Waals surface area contributed by atoms with E-state index in [9.17, 15) is 5.11 Å². The highest BCUT2D eigenvalue weighted by molar-refractivity contribution is 6.91. The van der Waals surface area contributed by atoms with E-state index >= 15 is 0 Å². The summed E-state index contributed by atoms with van der Waals surface area (Å²) in [6.07, 6.45) is 3.77. The minimum atomic E-state index is -1.94. The van der Waals surface area contributed by atoms with Gasteiger partial charge in [-0.05, 0) is 49.9 Å². The third-order valence-electron chi connectivity index (χ3n) is 8.32. The molecule has 1 N–H and O–H groups in total. The molecule has 0 aliphatic heterocycles. The first-order valence-electron chi connectivity index (χ1n) is 13.4. The van der Waals surface area contributed by atoms with E-state index in [0.717, 1.165) is 18.4 Å². The van der Waals surface area contributed by atoms with E-state index in [-0.39, 0.29) is 16.2 Å². The minimum Gasteiger partial charge on any atom is -0.417 e. The fourth-order valence-electron chi connectivity index (χ4n) is 4.47. The zero-order valence-corrected chi connectivity index (χ0v) is 26.0. The molecule has 200 valence electrons. The smallest absolute Gasteiger partial charge is 0.191 e. The van der Waals surface area contributed by atoms with Crippen molar-refractivity contribution in [3.8, 4) is 0 Å². The van der Waals surface area contributed by atoms with E-state index < -0.39 is 22.5 Å². The Morgan fingerprint density at radius 3 is 1.97 bits per heavy atom. The third kappa shape index (κ3) is 8.52. The summed E-state index contributed by atoms with van der Waals surface area (Å²) in [6.45, 7) is 23.6. The van der Waals surface area contributed by atoms with Crippen molar-refractivity contribution < 1.29 is 14.3 Å². The number of aliphatic hydroxyl groups excluding tert-OH is 1. The molecule has 0 radical (unpaired) electrons. The first kappa shape index (κ1) is 30.7. The van der Waals surface area contributed by atoms with Gasteiger partial charge in [0.25, 0.3) is 0 Å². The predicted molar refractivity (Wildman–Crippen MR) is 160 cm³/mol. The molecule has 5 heteroatoms. The molecular weight excluding hydrogens is 477 g/mol. The van der Waals surface area contributed by atoms with Crippen LogP contribution in [0.3, 0.4) is 0 Å². The number of hydrogen-bond acceptors (Lipinski definition) is 3. The Morgan fingerprint density at radius 1 is 0.889 bits per heavy atom. The van der Waals surface area contributed by atoms with E-state index in [4.69, 9.17) is 9.16 Å². The van der Waals surface area contributed by atoms with Crippen molar-refractivity contribution in [2.45, 2.75) is 102 Å². The van der Waals surface area contributed by atoms with Crippen LogP contribution in [0.4, 0.5) is 0 Å². The number of hydrogen-bond donors (Lipinski definition) is 1. The minimum absolute atomic E-state index is 0.0711. The lowest BCUT2D eigenvalue weighted by Crippen LogP contribution is -2.49. The van der Waals surface area contributed by atoms with Crippen LogP contribution in [0.1, 0.15) is 52.5 Å². The van der Waals surface area contributed by atoms with Crippen LogP contribution in [0.5, 0.6) is 0 Å². The molecule has 0 aliphatic rings. The van der Waals surface area contributed by atoms with Crippen LogP contribution in [0, 0.1) is 0 Å². The van der Waals surface area contributed by atoms with Crippen LogP contribution in [-0.2, 0) is 15.8 Å². The number of ether oxygens (including phenoxy) is 1.